The maximum atomic E-state index is 11.4. The van der Waals surface area contributed by atoms with Gasteiger partial charge in [-0.2, -0.15) is 0 Å². The van der Waals surface area contributed by atoms with Gasteiger partial charge in [0.15, 0.2) is 0 Å². The molecule has 1 heterocycles. The van der Waals surface area contributed by atoms with Crippen LogP contribution in [0.3, 0.4) is 0 Å². The van der Waals surface area contributed by atoms with Crippen LogP contribution in [0.1, 0.15) is 31.4 Å². The van der Waals surface area contributed by atoms with Crippen molar-refractivity contribution < 1.29 is 14.7 Å². The number of nitrogens with zero attached hydrogens (tertiary/aromatic N) is 1. The molecule has 0 aliphatic heterocycles. The van der Waals surface area contributed by atoms with E-state index in [1.165, 1.54) is 0 Å². The zero-order chi connectivity index (χ0) is 12.7. The largest absolute Gasteiger partial charge is 0.481 e. The Morgan fingerprint density at radius 3 is 2.65 bits per heavy atom. The lowest BCUT2D eigenvalue weighted by atomic mass is 10.2. The minimum Gasteiger partial charge on any atom is -0.481 e. The molecule has 5 nitrogen and oxygen atoms in total. The Kier molecular flexibility index (Phi) is 5.26. The van der Waals surface area contributed by atoms with Crippen LogP contribution in [0.4, 0.5) is 0 Å². The Hall–Kier alpha value is -1.78. The third-order valence-corrected chi connectivity index (χ3v) is 2.56. The highest BCUT2D eigenvalue weighted by Gasteiger charge is 2.03. The van der Waals surface area contributed by atoms with E-state index >= 15 is 0 Å². The second-order valence-electron chi connectivity index (χ2n) is 3.99. The molecule has 0 aliphatic rings. The van der Waals surface area contributed by atoms with E-state index in [1.807, 2.05) is 29.9 Å². The Balaban J connectivity index is 2.13. The molecule has 0 unspecified atom stereocenters. The van der Waals surface area contributed by atoms with Crippen molar-refractivity contribution in [3.8, 4) is 0 Å². The average molecular weight is 238 g/mol. The molecule has 0 aliphatic carbocycles. The van der Waals surface area contributed by atoms with Crippen molar-refractivity contribution >= 4 is 11.9 Å². The summed E-state index contributed by atoms with van der Waals surface area (Å²) in [6, 6.07) is 3.87. The van der Waals surface area contributed by atoms with Crippen LogP contribution in [0.25, 0.3) is 0 Å². The number of unbranched alkanes of at least 4 members (excludes halogenated alkanes) is 1. The number of carbonyl (C=O) groups excluding carboxylic acids is 1. The first kappa shape index (κ1) is 13.3. The van der Waals surface area contributed by atoms with Crippen molar-refractivity contribution in [2.45, 2.75) is 32.2 Å². The van der Waals surface area contributed by atoms with Gasteiger partial charge in [0, 0.05) is 31.8 Å². The number of rotatable bonds is 7. The molecule has 1 aromatic rings. The monoisotopic (exact) mass is 238 g/mol. The summed E-state index contributed by atoms with van der Waals surface area (Å²) < 4.78 is 1.95. The standard InChI is InChI=1S/C12H18N2O3/c1-14-8-4-5-10(14)9-13-11(15)6-2-3-7-12(16)17/h4-5,8H,2-3,6-7,9H2,1H3,(H,13,15)(H,16,17). The van der Waals surface area contributed by atoms with Crippen molar-refractivity contribution in [2.24, 2.45) is 7.05 Å². The topological polar surface area (TPSA) is 71.3 Å². The van der Waals surface area contributed by atoms with Crippen LogP contribution >= 0.6 is 0 Å². The Morgan fingerprint density at radius 2 is 2.06 bits per heavy atom. The van der Waals surface area contributed by atoms with Gasteiger partial charge in [-0.15, -0.1) is 0 Å². The number of aryl methyl sites for hydroxylation is 1. The minimum atomic E-state index is -0.811. The molecule has 5 heteroatoms. The summed E-state index contributed by atoms with van der Waals surface area (Å²) in [4.78, 5) is 21.7. The Bertz CT molecular complexity index is 385. The van der Waals surface area contributed by atoms with E-state index in [4.69, 9.17) is 5.11 Å². The highest BCUT2D eigenvalue weighted by atomic mass is 16.4. The molecule has 1 rings (SSSR count). The maximum absolute atomic E-state index is 11.4. The van der Waals surface area contributed by atoms with Crippen LogP contribution in [-0.4, -0.2) is 21.6 Å². The van der Waals surface area contributed by atoms with Crippen LogP contribution in [0.5, 0.6) is 0 Å². The first-order valence-electron chi connectivity index (χ1n) is 5.68. The van der Waals surface area contributed by atoms with Gasteiger partial charge in [-0.05, 0) is 25.0 Å². The van der Waals surface area contributed by atoms with Crippen molar-refractivity contribution in [3.63, 3.8) is 0 Å². The number of aliphatic carboxylic acids is 1. The predicted octanol–water partition coefficient (Wildman–Crippen LogP) is 1.29. The minimum absolute atomic E-state index is 0.0309. The van der Waals surface area contributed by atoms with E-state index < -0.39 is 5.97 Å². The summed E-state index contributed by atoms with van der Waals surface area (Å²) in [6.07, 6.45) is 3.61. The molecule has 0 saturated carbocycles. The number of carbonyl (C=O) groups is 2. The van der Waals surface area contributed by atoms with Gasteiger partial charge >= 0.3 is 5.97 Å². The van der Waals surface area contributed by atoms with Crippen LogP contribution in [0.2, 0.25) is 0 Å². The second kappa shape index (κ2) is 6.73. The number of carboxylic acids is 1. The molecule has 0 atom stereocenters. The van der Waals surface area contributed by atoms with Crippen LogP contribution in [0, 0.1) is 0 Å². The van der Waals surface area contributed by atoms with Crippen LogP contribution in [0.15, 0.2) is 18.3 Å². The first-order chi connectivity index (χ1) is 8.09. The smallest absolute Gasteiger partial charge is 0.303 e. The van der Waals surface area contributed by atoms with Crippen LogP contribution in [-0.2, 0) is 23.2 Å². The summed E-state index contributed by atoms with van der Waals surface area (Å²) in [5, 5.41) is 11.2. The lowest BCUT2D eigenvalue weighted by Crippen LogP contribution is -2.23. The number of carboxylic acid groups (broad SMARTS) is 1. The molecule has 94 valence electrons. The summed E-state index contributed by atoms with van der Waals surface area (Å²) in [5.74, 6) is -0.842. The zero-order valence-electron chi connectivity index (χ0n) is 9.98. The number of aromatic nitrogens is 1. The SMILES string of the molecule is Cn1cccc1CNC(=O)CCCCC(=O)O. The normalized spacial score (nSPS) is 10.2. The molecule has 0 spiro atoms. The predicted molar refractivity (Wildman–Crippen MR) is 63.4 cm³/mol. The highest BCUT2D eigenvalue weighted by molar-refractivity contribution is 5.75. The van der Waals surface area contributed by atoms with E-state index in [9.17, 15) is 9.59 Å². The molecule has 1 aromatic heterocycles. The molecular formula is C12H18N2O3. The third kappa shape index (κ3) is 5.19. The molecular weight excluding hydrogens is 220 g/mol. The lowest BCUT2D eigenvalue weighted by molar-refractivity contribution is -0.137. The molecule has 0 fully saturated rings. The molecule has 1 amide bonds. The molecule has 0 radical (unpaired) electrons. The zero-order valence-corrected chi connectivity index (χ0v) is 9.98. The van der Waals surface area contributed by atoms with Crippen molar-refractivity contribution in [3.05, 3.63) is 24.0 Å². The number of hydrogen-bond acceptors (Lipinski definition) is 2. The van der Waals surface area contributed by atoms with Gasteiger partial charge in [0.05, 0.1) is 6.54 Å². The van der Waals surface area contributed by atoms with Gasteiger partial charge in [-0.1, -0.05) is 0 Å². The lowest BCUT2D eigenvalue weighted by Gasteiger charge is -2.06. The second-order valence-corrected chi connectivity index (χ2v) is 3.99. The third-order valence-electron chi connectivity index (χ3n) is 2.56. The quantitative estimate of drug-likeness (QED) is 0.703. The van der Waals surface area contributed by atoms with Gasteiger partial charge in [0.25, 0.3) is 0 Å². The fraction of sp³-hybridized carbons (Fsp3) is 0.500. The van der Waals surface area contributed by atoms with Crippen molar-refractivity contribution in [2.75, 3.05) is 0 Å². The van der Waals surface area contributed by atoms with Crippen molar-refractivity contribution in [1.29, 1.82) is 0 Å². The van der Waals surface area contributed by atoms with E-state index in [1.54, 1.807) is 0 Å². The van der Waals surface area contributed by atoms with Gasteiger partial charge in [0.2, 0.25) is 5.91 Å². The van der Waals surface area contributed by atoms with E-state index in [-0.39, 0.29) is 12.3 Å². The van der Waals surface area contributed by atoms with Gasteiger partial charge in [-0.3, -0.25) is 9.59 Å². The van der Waals surface area contributed by atoms with E-state index in [0.717, 1.165) is 5.69 Å². The van der Waals surface area contributed by atoms with Crippen LogP contribution < -0.4 is 5.32 Å². The fourth-order valence-corrected chi connectivity index (χ4v) is 1.52. The number of hydrogen-bond donors (Lipinski definition) is 2. The summed E-state index contributed by atoms with van der Waals surface area (Å²) in [6.45, 7) is 0.515. The molecule has 0 aromatic carbocycles. The number of nitrogens with one attached hydrogen (secondary N) is 1. The Morgan fingerprint density at radius 1 is 1.35 bits per heavy atom. The van der Waals surface area contributed by atoms with E-state index in [2.05, 4.69) is 5.32 Å². The highest BCUT2D eigenvalue weighted by Crippen LogP contribution is 2.01. The molecule has 2 N–H and O–H groups in total. The Labute approximate surface area is 100 Å². The van der Waals surface area contributed by atoms with Gasteiger partial charge in [0.1, 0.15) is 0 Å². The van der Waals surface area contributed by atoms with Gasteiger partial charge < -0.3 is 15.0 Å². The summed E-state index contributed by atoms with van der Waals surface area (Å²) in [7, 11) is 1.92. The average Bonchev–Trinajstić information content (AvgIpc) is 2.67. The maximum Gasteiger partial charge on any atom is 0.303 e. The molecule has 0 bridgehead atoms. The van der Waals surface area contributed by atoms with E-state index in [0.29, 0.717) is 25.8 Å². The van der Waals surface area contributed by atoms with Crippen molar-refractivity contribution in [1.82, 2.24) is 9.88 Å². The van der Waals surface area contributed by atoms with Gasteiger partial charge in [-0.25, -0.2) is 0 Å². The number of amides is 1. The summed E-state index contributed by atoms with van der Waals surface area (Å²) in [5.41, 5.74) is 1.05. The first-order valence-corrected chi connectivity index (χ1v) is 5.68. The molecule has 0 saturated heterocycles. The molecule has 17 heavy (non-hydrogen) atoms. The summed E-state index contributed by atoms with van der Waals surface area (Å²) >= 11 is 0. The fourth-order valence-electron chi connectivity index (χ4n) is 1.52.